The van der Waals surface area contributed by atoms with Crippen LogP contribution in [0.3, 0.4) is 0 Å². The number of benzene rings is 2. The zero-order valence-electron chi connectivity index (χ0n) is 27.5. The van der Waals surface area contributed by atoms with E-state index in [1.807, 2.05) is 48.7 Å². The van der Waals surface area contributed by atoms with Crippen LogP contribution in [0.5, 0.6) is 5.75 Å². The first-order valence-corrected chi connectivity index (χ1v) is 17.8. The highest BCUT2D eigenvalue weighted by atomic mass is 35.5. The molecule has 0 radical (unpaired) electrons. The second-order valence-electron chi connectivity index (χ2n) is 12.7. The quantitative estimate of drug-likeness (QED) is 0.0880. The summed E-state index contributed by atoms with van der Waals surface area (Å²) in [5, 5.41) is 52.0. The molecule has 6 rings (SSSR count). The molecule has 12 nitrogen and oxygen atoms in total. The summed E-state index contributed by atoms with van der Waals surface area (Å²) in [6.45, 7) is -0.878. The summed E-state index contributed by atoms with van der Waals surface area (Å²) in [5.74, 6) is 0.867. The maximum atomic E-state index is 12.8. The molecule has 2 saturated carbocycles. The zero-order valence-corrected chi connectivity index (χ0v) is 29.1. The molecule has 266 valence electrons. The maximum absolute atomic E-state index is 12.8. The van der Waals surface area contributed by atoms with E-state index in [0.29, 0.717) is 22.5 Å². The lowest BCUT2D eigenvalue weighted by molar-refractivity contribution is -0.113. The molecule has 0 aliphatic heterocycles. The van der Waals surface area contributed by atoms with E-state index in [1.165, 1.54) is 18.0 Å². The third-order valence-electron chi connectivity index (χ3n) is 8.97. The zero-order chi connectivity index (χ0) is 35.4. The van der Waals surface area contributed by atoms with E-state index in [0.717, 1.165) is 59.3 Å². The van der Waals surface area contributed by atoms with Crippen LogP contribution in [0.15, 0.2) is 72.3 Å². The van der Waals surface area contributed by atoms with E-state index in [4.69, 9.17) is 26.2 Å². The molecule has 2 aromatic heterocycles. The van der Waals surface area contributed by atoms with Crippen molar-refractivity contribution in [3.05, 3.63) is 94.5 Å². The largest absolute Gasteiger partial charge is 0.490 e. The lowest BCUT2D eigenvalue weighted by Gasteiger charge is -2.25. The molecule has 0 bridgehead atoms. The minimum absolute atomic E-state index is 0.224. The van der Waals surface area contributed by atoms with Gasteiger partial charge in [-0.05, 0) is 60.6 Å². The van der Waals surface area contributed by atoms with Crippen molar-refractivity contribution in [2.24, 2.45) is 7.05 Å². The number of hydrogen-bond acceptors (Lipinski definition) is 11. The molecule has 6 N–H and O–H groups in total. The van der Waals surface area contributed by atoms with Crippen LogP contribution in [0, 0.1) is 0 Å². The third-order valence-corrected chi connectivity index (χ3v) is 10.5. The van der Waals surface area contributed by atoms with E-state index < -0.39 is 49.1 Å². The van der Waals surface area contributed by atoms with Crippen LogP contribution < -0.4 is 10.1 Å². The van der Waals surface area contributed by atoms with Gasteiger partial charge in [0.05, 0.1) is 37.2 Å². The molecule has 2 fully saturated rings. The molecule has 2 heterocycles. The number of nitrogens with one attached hydrogen (secondary N) is 1. The first-order valence-electron chi connectivity index (χ1n) is 16.5. The van der Waals surface area contributed by atoms with E-state index in [1.54, 1.807) is 17.8 Å². The standard InChI is InChI=1S/C36H41ClN4O8S/c1-41-28(34(47)39-17-29(43)32(45)33(46)30(44)18-42)16-40-35(41)50-20-21-6-9-27(37)22(14-21)19-48-36(11-12-36)26-15-38-13-10-24(26)25-4-2-3-5-31(25)49-23-7-8-23/h2-6,9-10,13-16,23,29-30,32-33,42-46H,7-8,11-12,17-20H2,1H3,(H,39,47)/t29-,30?,32+,33+/m0/s1. The summed E-state index contributed by atoms with van der Waals surface area (Å²) in [7, 11) is 1.69. The average Bonchev–Trinajstić information content (AvgIpc) is 4.08. The summed E-state index contributed by atoms with van der Waals surface area (Å²) in [6.07, 6.45) is 2.51. The third kappa shape index (κ3) is 8.32. The van der Waals surface area contributed by atoms with Gasteiger partial charge in [0.1, 0.15) is 29.8 Å². The highest BCUT2D eigenvalue weighted by molar-refractivity contribution is 7.98. The first kappa shape index (κ1) is 36.3. The Morgan fingerprint density at radius 2 is 1.82 bits per heavy atom. The molecule has 14 heteroatoms. The summed E-state index contributed by atoms with van der Waals surface area (Å²) in [4.78, 5) is 21.6. The Hall–Kier alpha value is -3.53. The van der Waals surface area contributed by atoms with Crippen LogP contribution in [-0.2, 0) is 29.7 Å². The predicted molar refractivity (Wildman–Crippen MR) is 187 cm³/mol. The summed E-state index contributed by atoms with van der Waals surface area (Å²) in [6, 6.07) is 15.9. The lowest BCUT2D eigenvalue weighted by Crippen LogP contribution is -2.49. The molecule has 2 aromatic carbocycles. The van der Waals surface area contributed by atoms with E-state index in [9.17, 15) is 25.2 Å². The SMILES string of the molecule is Cn1c(C(=O)NC[C@H](O)[C@@H](O)[C@H](O)C(O)CO)cnc1SCc1ccc(Cl)c(COC2(c3cnccc3-c3ccccc3OC3CC3)CC2)c1. The van der Waals surface area contributed by atoms with Crippen LogP contribution in [-0.4, -0.2) is 89.6 Å². The number of amides is 1. The van der Waals surface area contributed by atoms with Gasteiger partial charge in [-0.15, -0.1) is 0 Å². The van der Waals surface area contributed by atoms with Crippen molar-refractivity contribution < 1.29 is 39.8 Å². The van der Waals surface area contributed by atoms with Crippen LogP contribution in [0.2, 0.25) is 5.02 Å². The summed E-state index contributed by atoms with van der Waals surface area (Å²) in [5.41, 5.74) is 4.73. The number of carbonyl (C=O) groups excluding carboxylic acids is 1. The minimum atomic E-state index is -1.78. The molecule has 50 heavy (non-hydrogen) atoms. The molecule has 1 amide bonds. The Kier molecular flexibility index (Phi) is 11.5. The Labute approximate surface area is 299 Å². The Bertz CT molecular complexity index is 1800. The number of aliphatic hydroxyl groups excluding tert-OH is 5. The fourth-order valence-corrected chi connectivity index (χ4v) is 6.72. The first-order chi connectivity index (χ1) is 24.1. The van der Waals surface area contributed by atoms with Gasteiger partial charge in [0, 0.05) is 47.9 Å². The topological polar surface area (TPSA) is 179 Å². The number of thioether (sulfide) groups is 1. The second-order valence-corrected chi connectivity index (χ2v) is 14.1. The van der Waals surface area contributed by atoms with E-state index >= 15 is 0 Å². The number of ether oxygens (including phenoxy) is 2. The Morgan fingerprint density at radius 3 is 2.56 bits per heavy atom. The fraction of sp³-hybridized carbons (Fsp3) is 0.417. The van der Waals surface area contributed by atoms with Crippen molar-refractivity contribution in [3.63, 3.8) is 0 Å². The monoisotopic (exact) mass is 724 g/mol. The molecular formula is C36H41ClN4O8S. The predicted octanol–water partition coefficient (Wildman–Crippen LogP) is 3.34. The van der Waals surface area contributed by atoms with Gasteiger partial charge in [0.25, 0.3) is 5.91 Å². The molecule has 0 spiro atoms. The van der Waals surface area contributed by atoms with E-state index in [2.05, 4.69) is 21.4 Å². The molecule has 2 aliphatic carbocycles. The second kappa shape index (κ2) is 15.8. The van der Waals surface area contributed by atoms with Crippen LogP contribution in [0.25, 0.3) is 11.1 Å². The van der Waals surface area contributed by atoms with Crippen LogP contribution in [0.4, 0.5) is 0 Å². The number of aliphatic hydroxyl groups is 5. The molecular weight excluding hydrogens is 684 g/mol. The number of carbonyl (C=O) groups is 1. The van der Waals surface area contributed by atoms with Gasteiger partial charge >= 0.3 is 0 Å². The number of imidazole rings is 1. The number of pyridine rings is 1. The molecule has 4 atom stereocenters. The van der Waals surface area contributed by atoms with Crippen molar-refractivity contribution >= 4 is 29.3 Å². The maximum Gasteiger partial charge on any atom is 0.269 e. The molecule has 0 saturated heterocycles. The van der Waals surface area contributed by atoms with Crippen molar-refractivity contribution in [1.29, 1.82) is 0 Å². The van der Waals surface area contributed by atoms with Crippen LogP contribution >= 0.6 is 23.4 Å². The van der Waals surface area contributed by atoms with Gasteiger partial charge in [-0.2, -0.15) is 0 Å². The van der Waals surface area contributed by atoms with Gasteiger partial charge in [-0.1, -0.05) is 53.7 Å². The van der Waals surface area contributed by atoms with Gasteiger partial charge in [0.2, 0.25) is 0 Å². The highest BCUT2D eigenvalue weighted by Gasteiger charge is 2.48. The Balaban J connectivity index is 1.07. The van der Waals surface area contributed by atoms with Gasteiger partial charge < -0.3 is 44.9 Å². The average molecular weight is 725 g/mol. The summed E-state index contributed by atoms with van der Waals surface area (Å²) < 4.78 is 14.5. The van der Waals surface area contributed by atoms with Crippen molar-refractivity contribution in [2.75, 3.05) is 13.2 Å². The smallest absolute Gasteiger partial charge is 0.269 e. The lowest BCUT2D eigenvalue weighted by atomic mass is 9.96. The minimum Gasteiger partial charge on any atom is -0.490 e. The number of hydrogen-bond donors (Lipinski definition) is 6. The molecule has 2 aliphatic rings. The molecule has 4 aromatic rings. The van der Waals surface area contributed by atoms with Crippen LogP contribution in [0.1, 0.15) is 52.9 Å². The van der Waals surface area contributed by atoms with Gasteiger partial charge in [-0.3, -0.25) is 9.78 Å². The fourth-order valence-electron chi connectivity index (χ4n) is 5.66. The van der Waals surface area contributed by atoms with Gasteiger partial charge in [0.15, 0.2) is 5.16 Å². The number of halogens is 1. The number of rotatable bonds is 17. The van der Waals surface area contributed by atoms with E-state index in [-0.39, 0.29) is 11.8 Å². The number of para-hydroxylation sites is 1. The highest BCUT2D eigenvalue weighted by Crippen LogP contribution is 2.53. The van der Waals surface area contributed by atoms with Crippen molar-refractivity contribution in [1.82, 2.24) is 19.9 Å². The normalized spacial score (nSPS) is 17.5. The molecule has 1 unspecified atom stereocenters. The van der Waals surface area contributed by atoms with Crippen molar-refractivity contribution in [3.8, 4) is 16.9 Å². The number of nitrogens with zero attached hydrogens (tertiary/aromatic N) is 3. The Morgan fingerprint density at radius 1 is 1.06 bits per heavy atom. The van der Waals surface area contributed by atoms with Crippen molar-refractivity contribution in [2.45, 2.75) is 79.3 Å². The number of aromatic nitrogens is 3. The summed E-state index contributed by atoms with van der Waals surface area (Å²) >= 11 is 8.07. The van der Waals surface area contributed by atoms with Gasteiger partial charge in [-0.25, -0.2) is 4.98 Å².